The number of carbonyl (C=O) groups excluding carboxylic acids is 3. The Morgan fingerprint density at radius 2 is 1.60 bits per heavy atom. The Morgan fingerprint density at radius 1 is 1.05 bits per heavy atom. The number of nitrogens with two attached hydrogens (primary N) is 1. The topological polar surface area (TPSA) is 146 Å². The maximum atomic E-state index is 13.6. The lowest BCUT2D eigenvalue weighted by atomic mass is 9.78. The Kier molecular flexibility index (Phi) is 11.7. The summed E-state index contributed by atoms with van der Waals surface area (Å²) >= 11 is 0. The third-order valence-corrected chi connectivity index (χ3v) is 6.37. The number of ketones is 1. The number of nitrogens with one attached hydrogen (secondary N) is 1. The van der Waals surface area contributed by atoms with Crippen LogP contribution < -0.4 is 15.8 Å². The smallest absolute Gasteiger partial charge is 0.254 e. The number of nitrogens with zero attached hydrogens (tertiary/aromatic N) is 2. The number of hydrogen-bond donors (Lipinski definition) is 3. The van der Waals surface area contributed by atoms with Gasteiger partial charge in [0.1, 0.15) is 11.5 Å². The van der Waals surface area contributed by atoms with Crippen LogP contribution in [-0.2, 0) is 22.2 Å². The molecule has 0 aliphatic heterocycles. The summed E-state index contributed by atoms with van der Waals surface area (Å²) in [6.07, 6.45) is 0. The second-order valence-corrected chi connectivity index (χ2v) is 11.4. The molecule has 0 aromatic heterocycles. The van der Waals surface area contributed by atoms with Gasteiger partial charge in [0.2, 0.25) is 5.91 Å². The standard InChI is InChI=1S/C30H40N4O5.ClH/c1-9-39-25-13-20(19(14-31)10-21(25)28(38)33-8)16-34(26(36)15-32)17-24(35)18-11-22(29(2,3)4)27(37)23(12-18)30(5,6)7;/h10-13,37H,9,15-17,32H2,1-8H3,(H,33,38);1H. The fourth-order valence-electron chi connectivity index (χ4n) is 4.21. The van der Waals surface area contributed by atoms with Crippen LogP contribution in [0.2, 0.25) is 0 Å². The van der Waals surface area contributed by atoms with E-state index in [1.165, 1.54) is 18.0 Å². The van der Waals surface area contributed by atoms with Crippen LogP contribution in [0.5, 0.6) is 11.5 Å². The van der Waals surface area contributed by atoms with Crippen molar-refractivity contribution < 1.29 is 24.2 Å². The molecule has 0 heterocycles. The fourth-order valence-corrected chi connectivity index (χ4v) is 4.21. The van der Waals surface area contributed by atoms with E-state index >= 15 is 0 Å². The van der Waals surface area contributed by atoms with Crippen LogP contribution in [0.1, 0.15) is 91.4 Å². The highest BCUT2D eigenvalue weighted by atomic mass is 35.5. The monoisotopic (exact) mass is 572 g/mol. The van der Waals surface area contributed by atoms with Crippen molar-refractivity contribution in [1.29, 1.82) is 5.26 Å². The van der Waals surface area contributed by atoms with Gasteiger partial charge >= 0.3 is 0 Å². The molecule has 0 radical (unpaired) electrons. The quantitative estimate of drug-likeness (QED) is 0.381. The van der Waals surface area contributed by atoms with Gasteiger partial charge in [-0.05, 0) is 47.6 Å². The summed E-state index contributed by atoms with van der Waals surface area (Å²) in [4.78, 5) is 40.1. The lowest BCUT2D eigenvalue weighted by Gasteiger charge is -2.28. The van der Waals surface area contributed by atoms with Gasteiger partial charge < -0.3 is 25.8 Å². The molecule has 0 atom stereocenters. The Labute approximate surface area is 243 Å². The molecule has 0 unspecified atom stereocenters. The Bertz CT molecular complexity index is 1270. The molecule has 218 valence electrons. The first-order valence-corrected chi connectivity index (χ1v) is 12.9. The van der Waals surface area contributed by atoms with E-state index in [2.05, 4.69) is 11.4 Å². The molecule has 0 aliphatic rings. The second kappa shape index (κ2) is 13.6. The van der Waals surface area contributed by atoms with E-state index in [0.717, 1.165) is 0 Å². The number of carbonyl (C=O) groups is 3. The van der Waals surface area contributed by atoms with Gasteiger partial charge in [0.25, 0.3) is 5.91 Å². The largest absolute Gasteiger partial charge is 0.507 e. The molecule has 0 aliphatic carbocycles. The number of nitriles is 1. The van der Waals surface area contributed by atoms with Crippen molar-refractivity contribution in [2.45, 2.75) is 65.8 Å². The lowest BCUT2D eigenvalue weighted by Crippen LogP contribution is -2.39. The number of halogens is 1. The summed E-state index contributed by atoms with van der Waals surface area (Å²) in [6.45, 7) is 13.1. The number of ether oxygens (including phenoxy) is 1. The van der Waals surface area contributed by atoms with E-state index in [4.69, 9.17) is 10.5 Å². The van der Waals surface area contributed by atoms with Gasteiger partial charge in [-0.25, -0.2) is 0 Å². The van der Waals surface area contributed by atoms with Crippen LogP contribution in [-0.4, -0.2) is 54.3 Å². The van der Waals surface area contributed by atoms with E-state index < -0.39 is 22.6 Å². The Balaban J connectivity index is 0.00000800. The Hall–Kier alpha value is -3.61. The predicted molar refractivity (Wildman–Crippen MR) is 157 cm³/mol. The number of rotatable bonds is 9. The zero-order valence-corrected chi connectivity index (χ0v) is 25.4. The third kappa shape index (κ3) is 7.96. The summed E-state index contributed by atoms with van der Waals surface area (Å²) in [5, 5.41) is 23.3. The molecule has 2 rings (SSSR count). The molecule has 9 nitrogen and oxygen atoms in total. The molecule has 0 spiro atoms. The minimum absolute atomic E-state index is 0. The van der Waals surface area contributed by atoms with Crippen molar-refractivity contribution >= 4 is 30.0 Å². The zero-order valence-electron chi connectivity index (χ0n) is 24.6. The molecule has 2 amide bonds. The predicted octanol–water partition coefficient (Wildman–Crippen LogP) is 4.21. The number of phenols is 1. The van der Waals surface area contributed by atoms with E-state index in [-0.39, 0.29) is 67.1 Å². The average molecular weight is 573 g/mol. The fraction of sp³-hybridized carbons (Fsp3) is 0.467. The number of benzene rings is 2. The number of Topliss-reactive ketones (excluding diaryl/α,β-unsaturated/α-hetero) is 1. The highest BCUT2D eigenvalue weighted by molar-refractivity contribution is 6.00. The van der Waals surface area contributed by atoms with Crippen molar-refractivity contribution in [2.24, 2.45) is 5.73 Å². The van der Waals surface area contributed by atoms with Crippen LogP contribution in [0.4, 0.5) is 0 Å². The van der Waals surface area contributed by atoms with E-state index in [9.17, 15) is 24.8 Å². The van der Waals surface area contributed by atoms with Crippen LogP contribution >= 0.6 is 12.4 Å². The summed E-state index contributed by atoms with van der Waals surface area (Å²) in [5.74, 6) is -0.812. The molecular weight excluding hydrogens is 532 g/mol. The number of aromatic hydroxyl groups is 1. The van der Waals surface area contributed by atoms with Crippen LogP contribution in [0.15, 0.2) is 24.3 Å². The van der Waals surface area contributed by atoms with Crippen molar-refractivity contribution in [3.63, 3.8) is 0 Å². The SMILES string of the molecule is CCOc1cc(CN(CC(=O)c2cc(C(C)(C)C)c(O)c(C(C)(C)C)c2)C(=O)CN)c(C#N)cc1C(=O)NC.Cl. The molecule has 4 N–H and O–H groups in total. The third-order valence-electron chi connectivity index (χ3n) is 6.37. The van der Waals surface area contributed by atoms with Gasteiger partial charge in [0, 0.05) is 30.3 Å². The lowest BCUT2D eigenvalue weighted by molar-refractivity contribution is -0.129. The van der Waals surface area contributed by atoms with E-state index in [1.54, 1.807) is 25.1 Å². The molecule has 0 fully saturated rings. The molecule has 40 heavy (non-hydrogen) atoms. The van der Waals surface area contributed by atoms with Gasteiger partial charge in [0.15, 0.2) is 5.78 Å². The summed E-state index contributed by atoms with van der Waals surface area (Å²) in [5.41, 5.74) is 7.22. The zero-order chi connectivity index (χ0) is 29.7. The van der Waals surface area contributed by atoms with Gasteiger partial charge in [-0.1, -0.05) is 41.5 Å². The molecule has 0 saturated carbocycles. The van der Waals surface area contributed by atoms with Crippen molar-refractivity contribution in [3.8, 4) is 17.6 Å². The van der Waals surface area contributed by atoms with Gasteiger partial charge in [-0.15, -0.1) is 12.4 Å². The first-order chi connectivity index (χ1) is 18.1. The molecule has 10 heteroatoms. The number of amides is 2. The average Bonchev–Trinajstić information content (AvgIpc) is 2.86. The van der Waals surface area contributed by atoms with Gasteiger partial charge in [-0.2, -0.15) is 5.26 Å². The van der Waals surface area contributed by atoms with Crippen molar-refractivity contribution in [3.05, 3.63) is 57.6 Å². The molecule has 0 saturated heterocycles. The second-order valence-electron chi connectivity index (χ2n) is 11.4. The molecular formula is C30H41ClN4O5. The van der Waals surface area contributed by atoms with Crippen LogP contribution in [0.25, 0.3) is 0 Å². The first-order valence-electron chi connectivity index (χ1n) is 12.9. The van der Waals surface area contributed by atoms with E-state index in [0.29, 0.717) is 22.3 Å². The molecule has 2 aromatic carbocycles. The van der Waals surface area contributed by atoms with Crippen molar-refractivity contribution in [1.82, 2.24) is 10.2 Å². The normalized spacial score (nSPS) is 11.2. The van der Waals surface area contributed by atoms with Crippen molar-refractivity contribution in [2.75, 3.05) is 26.7 Å². The minimum Gasteiger partial charge on any atom is -0.507 e. The highest BCUT2D eigenvalue weighted by Crippen LogP contribution is 2.40. The Morgan fingerprint density at radius 3 is 2.02 bits per heavy atom. The van der Waals surface area contributed by atoms with Gasteiger partial charge in [-0.3, -0.25) is 14.4 Å². The maximum Gasteiger partial charge on any atom is 0.254 e. The van der Waals surface area contributed by atoms with Crippen LogP contribution in [0, 0.1) is 11.3 Å². The summed E-state index contributed by atoms with van der Waals surface area (Å²) in [7, 11) is 1.48. The van der Waals surface area contributed by atoms with Crippen LogP contribution in [0.3, 0.4) is 0 Å². The first kappa shape index (κ1) is 34.4. The minimum atomic E-state index is -0.480. The maximum absolute atomic E-state index is 13.6. The number of hydrogen-bond acceptors (Lipinski definition) is 7. The highest BCUT2D eigenvalue weighted by Gasteiger charge is 2.29. The summed E-state index contributed by atoms with van der Waals surface area (Å²) < 4.78 is 5.63. The van der Waals surface area contributed by atoms with Gasteiger partial charge in [0.05, 0.1) is 36.9 Å². The summed E-state index contributed by atoms with van der Waals surface area (Å²) in [6, 6.07) is 8.37. The van der Waals surface area contributed by atoms with E-state index in [1.807, 2.05) is 41.5 Å². The number of phenolic OH excluding ortho intramolecular Hbond substituents is 1. The molecule has 2 aromatic rings. The molecule has 0 bridgehead atoms.